The fourth-order valence-electron chi connectivity index (χ4n) is 5.71. The summed E-state index contributed by atoms with van der Waals surface area (Å²) in [4.78, 5) is 39.1. The molecule has 9 heteroatoms. The van der Waals surface area contributed by atoms with Gasteiger partial charge in [0.25, 0.3) is 0 Å². The molecular formula is C36H45N3O6. The van der Waals surface area contributed by atoms with Crippen molar-refractivity contribution in [3.8, 4) is 11.1 Å². The molecule has 1 saturated carbocycles. The van der Waals surface area contributed by atoms with Gasteiger partial charge in [0.05, 0.1) is 12.3 Å². The third-order valence-electron chi connectivity index (χ3n) is 7.96. The number of carbonyl (C=O) groups excluding carboxylic acids is 2. The van der Waals surface area contributed by atoms with E-state index in [2.05, 4.69) is 10.6 Å². The zero-order chi connectivity index (χ0) is 32.4. The van der Waals surface area contributed by atoms with Crippen LogP contribution in [0.4, 0.5) is 15.3 Å². The second kappa shape index (κ2) is 15.6. The van der Waals surface area contributed by atoms with Crippen molar-refractivity contribution in [1.29, 1.82) is 0 Å². The lowest BCUT2D eigenvalue weighted by Crippen LogP contribution is -2.47. The third-order valence-corrected chi connectivity index (χ3v) is 7.96. The predicted molar refractivity (Wildman–Crippen MR) is 175 cm³/mol. The summed E-state index contributed by atoms with van der Waals surface area (Å²) in [6.07, 6.45) is 2.63. The Morgan fingerprint density at radius 2 is 1.53 bits per heavy atom. The molecule has 3 aromatic rings. The number of alkyl carbamates (subject to hydrolysis) is 1. The molecule has 0 unspecified atom stereocenters. The summed E-state index contributed by atoms with van der Waals surface area (Å²) in [5.41, 5.74) is 4.56. The number of nitrogens with zero attached hydrogens (tertiary/aromatic N) is 1. The zero-order valence-electron chi connectivity index (χ0n) is 26.4. The first-order chi connectivity index (χ1) is 21.5. The molecule has 1 fully saturated rings. The summed E-state index contributed by atoms with van der Waals surface area (Å²) >= 11 is 0. The van der Waals surface area contributed by atoms with Crippen LogP contribution in [-0.2, 0) is 29.1 Å². The van der Waals surface area contributed by atoms with E-state index in [-0.39, 0.29) is 24.6 Å². The lowest BCUT2D eigenvalue weighted by molar-refractivity contribution is -0.121. The fraction of sp³-hybridized carbons (Fsp3) is 0.417. The number of amides is 3. The maximum Gasteiger partial charge on any atom is 0.412 e. The maximum absolute atomic E-state index is 12.8. The van der Waals surface area contributed by atoms with E-state index in [4.69, 9.17) is 4.74 Å². The van der Waals surface area contributed by atoms with Gasteiger partial charge in [-0.25, -0.2) is 9.59 Å². The number of hydrogen-bond acceptors (Lipinski definition) is 5. The molecule has 1 aliphatic rings. The van der Waals surface area contributed by atoms with Crippen LogP contribution in [0, 0.1) is 0 Å². The molecule has 3 amide bonds. The second-order valence-corrected chi connectivity index (χ2v) is 12.6. The molecule has 0 heterocycles. The zero-order valence-corrected chi connectivity index (χ0v) is 26.4. The molecule has 4 rings (SSSR count). The van der Waals surface area contributed by atoms with Gasteiger partial charge in [0.15, 0.2) is 0 Å². The smallest absolute Gasteiger partial charge is 0.412 e. The van der Waals surface area contributed by atoms with Crippen LogP contribution in [-0.4, -0.2) is 46.0 Å². The van der Waals surface area contributed by atoms with Gasteiger partial charge in [-0.3, -0.25) is 9.69 Å². The average Bonchev–Trinajstić information content (AvgIpc) is 3.01. The topological polar surface area (TPSA) is 128 Å². The first-order valence-corrected chi connectivity index (χ1v) is 15.7. The quantitative estimate of drug-likeness (QED) is 0.188. The highest BCUT2D eigenvalue weighted by molar-refractivity contribution is 5.93. The highest BCUT2D eigenvalue weighted by atomic mass is 16.6. The molecule has 0 bridgehead atoms. The van der Waals surface area contributed by atoms with Crippen molar-refractivity contribution in [3.05, 3.63) is 89.5 Å². The van der Waals surface area contributed by atoms with Gasteiger partial charge in [0.1, 0.15) is 5.60 Å². The third kappa shape index (κ3) is 10.1. The minimum atomic E-state index is -1.01. The molecule has 3 aromatic carbocycles. The monoisotopic (exact) mass is 615 g/mol. The summed E-state index contributed by atoms with van der Waals surface area (Å²) in [6.45, 7) is 5.87. The summed E-state index contributed by atoms with van der Waals surface area (Å²) in [7, 11) is 0. The van der Waals surface area contributed by atoms with Crippen molar-refractivity contribution in [1.82, 2.24) is 10.6 Å². The molecule has 0 aromatic heterocycles. The number of ether oxygens (including phenoxy) is 1. The Balaban J connectivity index is 1.43. The number of aliphatic hydroxyl groups is 1. The molecule has 240 valence electrons. The first-order valence-electron chi connectivity index (χ1n) is 15.7. The highest BCUT2D eigenvalue weighted by Crippen LogP contribution is 2.36. The SMILES string of the molecule is CC(C)(C)OC(=O)N[C@H]1CC[C@H](N(C(=O)O)c2cc(CCCC(=O)NCc3ccc(CO)cc3)ccc2-c2ccccc2)CC1. The van der Waals surface area contributed by atoms with Crippen LogP contribution in [0.15, 0.2) is 72.8 Å². The van der Waals surface area contributed by atoms with E-state index in [1.807, 2.05) is 93.6 Å². The van der Waals surface area contributed by atoms with E-state index in [1.54, 1.807) is 0 Å². The van der Waals surface area contributed by atoms with Crippen LogP contribution in [0.5, 0.6) is 0 Å². The lowest BCUT2D eigenvalue weighted by Gasteiger charge is -2.36. The normalized spacial score (nSPS) is 16.4. The number of aliphatic hydroxyl groups excluding tert-OH is 1. The van der Waals surface area contributed by atoms with E-state index in [0.29, 0.717) is 57.2 Å². The second-order valence-electron chi connectivity index (χ2n) is 12.6. The minimum absolute atomic E-state index is 0.0145. The van der Waals surface area contributed by atoms with Crippen LogP contribution in [0.3, 0.4) is 0 Å². The first kappa shape index (κ1) is 33.5. The molecule has 0 atom stereocenters. The molecule has 0 saturated heterocycles. The van der Waals surface area contributed by atoms with Crippen LogP contribution in [0.1, 0.15) is 76.0 Å². The van der Waals surface area contributed by atoms with Crippen molar-refractivity contribution in [2.75, 3.05) is 4.90 Å². The average molecular weight is 616 g/mol. The number of nitrogens with one attached hydrogen (secondary N) is 2. The highest BCUT2D eigenvalue weighted by Gasteiger charge is 2.32. The van der Waals surface area contributed by atoms with Crippen molar-refractivity contribution in [2.24, 2.45) is 0 Å². The Morgan fingerprint density at radius 1 is 0.889 bits per heavy atom. The Hall–Kier alpha value is -4.37. The van der Waals surface area contributed by atoms with Gasteiger partial charge < -0.3 is 25.6 Å². The largest absolute Gasteiger partial charge is 0.465 e. The molecule has 0 spiro atoms. The Morgan fingerprint density at radius 3 is 2.16 bits per heavy atom. The summed E-state index contributed by atoms with van der Waals surface area (Å²) in [5.74, 6) is -0.0497. The predicted octanol–water partition coefficient (Wildman–Crippen LogP) is 6.81. The lowest BCUT2D eigenvalue weighted by atomic mass is 9.89. The summed E-state index contributed by atoms with van der Waals surface area (Å²) in [6, 6.07) is 22.8. The fourth-order valence-corrected chi connectivity index (χ4v) is 5.71. The summed E-state index contributed by atoms with van der Waals surface area (Å²) < 4.78 is 5.40. The van der Waals surface area contributed by atoms with Gasteiger partial charge in [-0.1, -0.05) is 66.7 Å². The van der Waals surface area contributed by atoms with Gasteiger partial charge >= 0.3 is 12.2 Å². The molecular weight excluding hydrogens is 570 g/mol. The van der Waals surface area contributed by atoms with E-state index in [1.165, 1.54) is 4.90 Å². The summed E-state index contributed by atoms with van der Waals surface area (Å²) in [5, 5.41) is 25.6. The number of hydrogen-bond donors (Lipinski definition) is 4. The molecule has 45 heavy (non-hydrogen) atoms. The molecule has 4 N–H and O–H groups in total. The van der Waals surface area contributed by atoms with Crippen molar-refractivity contribution in [2.45, 2.75) is 96.6 Å². The van der Waals surface area contributed by atoms with Gasteiger partial charge in [-0.15, -0.1) is 0 Å². The molecule has 0 aliphatic heterocycles. The number of carboxylic acid groups (broad SMARTS) is 1. The van der Waals surface area contributed by atoms with E-state index in [9.17, 15) is 24.6 Å². The van der Waals surface area contributed by atoms with Gasteiger partial charge in [0, 0.05) is 30.6 Å². The number of benzene rings is 3. The van der Waals surface area contributed by atoms with E-state index in [0.717, 1.165) is 27.8 Å². The van der Waals surface area contributed by atoms with Crippen LogP contribution < -0.4 is 15.5 Å². The standard InChI is InChI=1S/C36H45N3O6/c1-36(2,3)45-34(42)38-29-17-19-30(20-18-29)39(35(43)44)32-22-25(16-21-31(32)28-9-5-4-6-10-28)8-7-11-33(41)37-23-26-12-14-27(24-40)15-13-26/h4-6,9-10,12-16,21-22,29-30,40H,7-8,11,17-20,23-24H2,1-3H3,(H,37,41)(H,38,42)(H,43,44)/t29-,30-. The Kier molecular flexibility index (Phi) is 11.6. The van der Waals surface area contributed by atoms with Crippen LogP contribution in [0.2, 0.25) is 0 Å². The number of anilines is 1. The number of aryl methyl sites for hydroxylation is 1. The minimum Gasteiger partial charge on any atom is -0.465 e. The van der Waals surface area contributed by atoms with Gasteiger partial charge in [0.2, 0.25) is 5.91 Å². The van der Waals surface area contributed by atoms with Crippen molar-refractivity contribution in [3.63, 3.8) is 0 Å². The van der Waals surface area contributed by atoms with Crippen LogP contribution in [0.25, 0.3) is 11.1 Å². The maximum atomic E-state index is 12.8. The van der Waals surface area contributed by atoms with Crippen LogP contribution >= 0.6 is 0 Å². The number of carbonyl (C=O) groups is 3. The Labute approximate surface area is 265 Å². The molecule has 9 nitrogen and oxygen atoms in total. The Bertz CT molecular complexity index is 1430. The van der Waals surface area contributed by atoms with Gasteiger partial charge in [-0.2, -0.15) is 0 Å². The van der Waals surface area contributed by atoms with Gasteiger partial charge in [-0.05, 0) is 87.6 Å². The molecule has 1 aliphatic carbocycles. The molecule has 0 radical (unpaired) electrons. The number of rotatable bonds is 11. The van der Waals surface area contributed by atoms with E-state index >= 15 is 0 Å². The van der Waals surface area contributed by atoms with Crippen molar-refractivity contribution < 1.29 is 29.3 Å². The van der Waals surface area contributed by atoms with Crippen molar-refractivity contribution >= 4 is 23.8 Å². The van der Waals surface area contributed by atoms with E-state index < -0.39 is 17.8 Å².